The van der Waals surface area contributed by atoms with Crippen molar-refractivity contribution in [2.75, 3.05) is 37.8 Å². The highest BCUT2D eigenvalue weighted by molar-refractivity contribution is 7.91. The molecule has 1 heterocycles. The second kappa shape index (κ2) is 14.7. The Morgan fingerprint density at radius 3 is 2.07 bits per heavy atom. The standard InChI is InChI=1S/C34H47N3O5S/c1-5-7-19-35-34(36-20-8-6-2)24-43(40,41)31-18-15-28(37(3)4)21-30(31)32(33(34)39)27-13-16-29(17-14-27)42-23-26-11-9-25(22-38)10-12-26/h9-18,21,32-33,35-36,38-39H,5-8,19-20,22-24H2,1-4H3/t32?,33-/m1/s1. The molecule has 0 aliphatic carbocycles. The van der Waals surface area contributed by atoms with Gasteiger partial charge in [0.1, 0.15) is 18.0 Å². The van der Waals surface area contributed by atoms with E-state index >= 15 is 0 Å². The minimum Gasteiger partial charge on any atom is -0.489 e. The van der Waals surface area contributed by atoms with Crippen LogP contribution in [0.15, 0.2) is 71.6 Å². The third-order valence-corrected chi connectivity index (χ3v) is 10.1. The van der Waals surface area contributed by atoms with E-state index in [1.807, 2.05) is 79.7 Å². The predicted molar refractivity (Wildman–Crippen MR) is 172 cm³/mol. The Labute approximate surface area is 257 Å². The molecule has 0 fully saturated rings. The lowest BCUT2D eigenvalue weighted by Crippen LogP contribution is -2.68. The topological polar surface area (TPSA) is 111 Å². The molecule has 8 nitrogen and oxygen atoms in total. The van der Waals surface area contributed by atoms with E-state index in [1.165, 1.54) is 0 Å². The fourth-order valence-corrected chi connectivity index (χ4v) is 7.60. The third-order valence-electron chi connectivity index (χ3n) is 8.21. The summed E-state index contributed by atoms with van der Waals surface area (Å²) < 4.78 is 34.1. The van der Waals surface area contributed by atoms with Gasteiger partial charge in [0.2, 0.25) is 0 Å². The molecule has 0 aromatic heterocycles. The van der Waals surface area contributed by atoms with E-state index in [-0.39, 0.29) is 17.3 Å². The molecule has 0 bridgehead atoms. The molecule has 1 aliphatic rings. The van der Waals surface area contributed by atoms with Gasteiger partial charge in [-0.1, -0.05) is 63.1 Å². The van der Waals surface area contributed by atoms with Crippen LogP contribution in [0.5, 0.6) is 5.75 Å². The van der Waals surface area contributed by atoms with E-state index in [9.17, 15) is 18.6 Å². The number of nitrogens with one attached hydrogen (secondary N) is 2. The first-order valence-electron chi connectivity index (χ1n) is 15.3. The first-order valence-corrected chi connectivity index (χ1v) is 16.9. The smallest absolute Gasteiger partial charge is 0.181 e. The zero-order chi connectivity index (χ0) is 31.0. The van der Waals surface area contributed by atoms with E-state index in [1.54, 1.807) is 6.07 Å². The number of aliphatic hydroxyl groups is 2. The number of sulfone groups is 1. The van der Waals surface area contributed by atoms with Gasteiger partial charge < -0.3 is 19.8 Å². The molecule has 4 N–H and O–H groups in total. The molecular formula is C34H47N3O5S. The highest BCUT2D eigenvalue weighted by atomic mass is 32.2. The summed E-state index contributed by atoms with van der Waals surface area (Å²) in [6.07, 6.45) is 2.54. The van der Waals surface area contributed by atoms with Crippen LogP contribution >= 0.6 is 0 Å². The number of hydrogen-bond donors (Lipinski definition) is 4. The van der Waals surface area contributed by atoms with Crippen molar-refractivity contribution in [2.45, 2.75) is 75.3 Å². The first kappa shape index (κ1) is 33.0. The number of unbranched alkanes of at least 4 members (excludes halogenated alkanes) is 2. The number of hydrogen-bond acceptors (Lipinski definition) is 8. The molecule has 43 heavy (non-hydrogen) atoms. The van der Waals surface area contributed by atoms with Crippen LogP contribution in [-0.4, -0.2) is 63.3 Å². The molecule has 0 saturated heterocycles. The summed E-state index contributed by atoms with van der Waals surface area (Å²) in [5, 5.41) is 28.6. The van der Waals surface area contributed by atoms with Gasteiger partial charge in [-0.3, -0.25) is 10.6 Å². The van der Waals surface area contributed by atoms with Gasteiger partial charge in [-0.25, -0.2) is 8.42 Å². The van der Waals surface area contributed by atoms with Gasteiger partial charge in [0, 0.05) is 25.7 Å². The lowest BCUT2D eigenvalue weighted by molar-refractivity contribution is 0.0377. The number of nitrogens with zero attached hydrogens (tertiary/aromatic N) is 1. The normalized spacial score (nSPS) is 18.9. The van der Waals surface area contributed by atoms with Gasteiger partial charge >= 0.3 is 0 Å². The minimum absolute atomic E-state index is 0.000380. The Morgan fingerprint density at radius 1 is 0.907 bits per heavy atom. The Bertz CT molecular complexity index is 1420. The average Bonchev–Trinajstić information content (AvgIpc) is 3.07. The number of benzene rings is 3. The second-order valence-electron chi connectivity index (χ2n) is 11.7. The SMILES string of the molecule is CCCCNC1(NCCCC)CS(=O)(=O)c2ccc(N(C)C)cc2C(c2ccc(OCc3ccc(CO)cc3)cc2)[C@H]1O. The highest BCUT2D eigenvalue weighted by Gasteiger charge is 2.50. The molecule has 3 aromatic rings. The molecule has 9 heteroatoms. The van der Waals surface area contributed by atoms with Crippen LogP contribution in [0.1, 0.15) is 67.7 Å². The van der Waals surface area contributed by atoms with E-state index in [0.717, 1.165) is 48.1 Å². The summed E-state index contributed by atoms with van der Waals surface area (Å²) in [5.74, 6) is -0.202. The van der Waals surface area contributed by atoms with E-state index in [4.69, 9.17) is 4.74 Å². The summed E-state index contributed by atoms with van der Waals surface area (Å²) in [5.41, 5.74) is 2.86. The van der Waals surface area contributed by atoms with Gasteiger partial charge in [0.15, 0.2) is 9.84 Å². The first-order chi connectivity index (χ1) is 20.6. The molecule has 1 unspecified atom stereocenters. The summed E-state index contributed by atoms with van der Waals surface area (Å²) in [6, 6.07) is 20.6. The lowest BCUT2D eigenvalue weighted by Gasteiger charge is -2.41. The van der Waals surface area contributed by atoms with Crippen LogP contribution in [0, 0.1) is 0 Å². The van der Waals surface area contributed by atoms with Crippen molar-refractivity contribution in [3.63, 3.8) is 0 Å². The van der Waals surface area contributed by atoms with Crippen molar-refractivity contribution < 1.29 is 23.4 Å². The third kappa shape index (κ3) is 7.77. The van der Waals surface area contributed by atoms with E-state index in [2.05, 4.69) is 24.5 Å². The number of anilines is 1. The molecule has 0 amide bonds. The fraction of sp³-hybridized carbons (Fsp3) is 0.471. The van der Waals surface area contributed by atoms with Gasteiger partial charge in [0.05, 0.1) is 23.4 Å². The molecule has 234 valence electrons. The molecule has 1 aliphatic heterocycles. The van der Waals surface area contributed by atoms with Crippen molar-refractivity contribution >= 4 is 15.5 Å². The van der Waals surface area contributed by atoms with Gasteiger partial charge in [-0.15, -0.1) is 0 Å². The number of rotatable bonds is 14. The van der Waals surface area contributed by atoms with Crippen LogP contribution in [0.25, 0.3) is 0 Å². The molecule has 4 rings (SSSR count). The molecular weight excluding hydrogens is 562 g/mol. The fourth-order valence-electron chi connectivity index (χ4n) is 5.65. The molecule has 0 saturated carbocycles. The van der Waals surface area contributed by atoms with E-state index < -0.39 is 27.5 Å². The number of fused-ring (bicyclic) bond motifs is 1. The number of ether oxygens (including phenoxy) is 1. The predicted octanol–water partition coefficient (Wildman–Crippen LogP) is 4.58. The maximum atomic E-state index is 14.1. The highest BCUT2D eigenvalue weighted by Crippen LogP contribution is 2.42. The largest absolute Gasteiger partial charge is 0.489 e. The summed E-state index contributed by atoms with van der Waals surface area (Å²) in [7, 11) is 0.0697. The van der Waals surface area contributed by atoms with Crippen LogP contribution in [0.4, 0.5) is 5.69 Å². The maximum absolute atomic E-state index is 14.1. The van der Waals surface area contributed by atoms with Crippen LogP contribution in [-0.2, 0) is 23.1 Å². The van der Waals surface area contributed by atoms with E-state index in [0.29, 0.717) is 31.0 Å². The molecule has 3 aromatic carbocycles. The van der Waals surface area contributed by atoms with Crippen molar-refractivity contribution in [3.05, 3.63) is 89.0 Å². The summed E-state index contributed by atoms with van der Waals surface area (Å²) in [6.45, 7) is 5.72. The lowest BCUT2D eigenvalue weighted by atomic mass is 9.81. The molecule has 0 radical (unpaired) electrons. The molecule has 0 spiro atoms. The molecule has 2 atom stereocenters. The van der Waals surface area contributed by atoms with Gasteiger partial charge in [-0.2, -0.15) is 0 Å². The number of aliphatic hydroxyl groups excluding tert-OH is 2. The minimum atomic E-state index is -3.77. The Balaban J connectivity index is 1.75. The zero-order valence-corrected chi connectivity index (χ0v) is 26.7. The van der Waals surface area contributed by atoms with Crippen molar-refractivity contribution in [1.29, 1.82) is 0 Å². The van der Waals surface area contributed by atoms with Gasteiger partial charge in [0.25, 0.3) is 0 Å². The summed E-state index contributed by atoms with van der Waals surface area (Å²) >= 11 is 0. The second-order valence-corrected chi connectivity index (χ2v) is 13.6. The van der Waals surface area contributed by atoms with Gasteiger partial charge in [-0.05, 0) is 78.5 Å². The van der Waals surface area contributed by atoms with Crippen LogP contribution in [0.3, 0.4) is 0 Å². The maximum Gasteiger partial charge on any atom is 0.181 e. The van der Waals surface area contributed by atoms with Crippen molar-refractivity contribution in [1.82, 2.24) is 10.6 Å². The van der Waals surface area contributed by atoms with Crippen LogP contribution in [0.2, 0.25) is 0 Å². The Kier molecular flexibility index (Phi) is 11.3. The Hall–Kier alpha value is -2.95. The summed E-state index contributed by atoms with van der Waals surface area (Å²) in [4.78, 5) is 2.20. The average molecular weight is 610 g/mol. The van der Waals surface area contributed by atoms with Crippen LogP contribution < -0.4 is 20.3 Å². The van der Waals surface area contributed by atoms with Crippen molar-refractivity contribution in [3.8, 4) is 5.75 Å². The zero-order valence-electron chi connectivity index (χ0n) is 25.8. The van der Waals surface area contributed by atoms with Crippen molar-refractivity contribution in [2.24, 2.45) is 0 Å². The monoisotopic (exact) mass is 609 g/mol. The Morgan fingerprint density at radius 2 is 1.51 bits per heavy atom. The quantitative estimate of drug-likeness (QED) is 0.155.